The van der Waals surface area contributed by atoms with E-state index in [-0.39, 0.29) is 11.6 Å². The van der Waals surface area contributed by atoms with Gasteiger partial charge in [-0.15, -0.1) is 11.3 Å². The number of carbonyl (C=O) groups excluding carboxylic acids is 2. The fourth-order valence-corrected chi connectivity index (χ4v) is 4.70. The van der Waals surface area contributed by atoms with Gasteiger partial charge in [0.05, 0.1) is 30.3 Å². The van der Waals surface area contributed by atoms with E-state index >= 15 is 0 Å². The molecule has 8 nitrogen and oxygen atoms in total. The predicted octanol–water partition coefficient (Wildman–Crippen LogP) is 3.91. The van der Waals surface area contributed by atoms with Crippen molar-refractivity contribution < 1.29 is 14.3 Å². The van der Waals surface area contributed by atoms with Gasteiger partial charge in [-0.05, 0) is 32.3 Å². The summed E-state index contributed by atoms with van der Waals surface area (Å²) >= 11 is 1.28. The van der Waals surface area contributed by atoms with Gasteiger partial charge in [-0.25, -0.2) is 19.4 Å². The lowest BCUT2D eigenvalue weighted by atomic mass is 10.1. The molecule has 29 heavy (non-hydrogen) atoms. The summed E-state index contributed by atoms with van der Waals surface area (Å²) in [6.07, 6.45) is 6.90. The number of thiazole rings is 1. The lowest BCUT2D eigenvalue weighted by molar-refractivity contribution is 0.0593. The molecule has 0 saturated heterocycles. The first-order valence-corrected chi connectivity index (χ1v) is 10.6. The van der Waals surface area contributed by atoms with Gasteiger partial charge in [-0.2, -0.15) is 5.10 Å². The Hall–Kier alpha value is -2.81. The number of esters is 1. The van der Waals surface area contributed by atoms with E-state index < -0.39 is 5.97 Å². The zero-order chi connectivity index (χ0) is 20.5. The fourth-order valence-electron chi connectivity index (χ4n) is 3.81. The van der Waals surface area contributed by atoms with Crippen LogP contribution in [0.15, 0.2) is 12.3 Å². The molecule has 0 aromatic carbocycles. The normalized spacial score (nSPS) is 14.4. The Labute approximate surface area is 172 Å². The molecule has 0 spiro atoms. The molecule has 152 valence electrons. The van der Waals surface area contributed by atoms with Crippen LogP contribution >= 0.6 is 11.3 Å². The molecule has 1 fully saturated rings. The van der Waals surface area contributed by atoms with Crippen LogP contribution in [0.5, 0.6) is 0 Å². The van der Waals surface area contributed by atoms with E-state index in [2.05, 4.69) is 20.4 Å². The van der Waals surface area contributed by atoms with Crippen molar-refractivity contribution in [2.45, 2.75) is 52.0 Å². The molecule has 4 rings (SSSR count). The van der Waals surface area contributed by atoms with Crippen LogP contribution in [0.4, 0.5) is 5.13 Å². The average Bonchev–Trinajstić information content (AvgIpc) is 3.45. The monoisotopic (exact) mass is 413 g/mol. The van der Waals surface area contributed by atoms with Crippen LogP contribution in [0.2, 0.25) is 0 Å². The highest BCUT2D eigenvalue weighted by Crippen LogP contribution is 2.32. The molecule has 1 amide bonds. The highest BCUT2D eigenvalue weighted by molar-refractivity contribution is 7.16. The van der Waals surface area contributed by atoms with Gasteiger partial charge < -0.3 is 4.74 Å². The maximum atomic E-state index is 13.0. The van der Waals surface area contributed by atoms with Crippen molar-refractivity contribution in [1.29, 1.82) is 0 Å². The third-order valence-corrected chi connectivity index (χ3v) is 6.34. The van der Waals surface area contributed by atoms with Crippen molar-refractivity contribution in [2.75, 3.05) is 12.4 Å². The Morgan fingerprint density at radius 2 is 2.07 bits per heavy atom. The molecule has 3 aromatic rings. The number of aromatic nitrogens is 4. The highest BCUT2D eigenvalue weighted by Gasteiger charge is 2.24. The van der Waals surface area contributed by atoms with E-state index in [0.717, 1.165) is 34.4 Å². The van der Waals surface area contributed by atoms with Crippen molar-refractivity contribution in [3.05, 3.63) is 34.1 Å². The van der Waals surface area contributed by atoms with Gasteiger partial charge in [0.15, 0.2) is 16.5 Å². The summed E-state index contributed by atoms with van der Waals surface area (Å²) < 4.78 is 6.74. The number of pyridine rings is 1. The molecule has 1 aliphatic carbocycles. The second-order valence-electron chi connectivity index (χ2n) is 7.17. The van der Waals surface area contributed by atoms with Crippen LogP contribution in [-0.2, 0) is 11.2 Å². The molecule has 0 atom stereocenters. The Kier molecular flexibility index (Phi) is 5.31. The zero-order valence-corrected chi connectivity index (χ0v) is 17.5. The van der Waals surface area contributed by atoms with Gasteiger partial charge in [-0.1, -0.05) is 19.8 Å². The van der Waals surface area contributed by atoms with Crippen molar-refractivity contribution in [1.82, 2.24) is 19.7 Å². The minimum absolute atomic E-state index is 0.250. The molecule has 3 heterocycles. The molecule has 1 saturated carbocycles. The van der Waals surface area contributed by atoms with E-state index in [9.17, 15) is 9.59 Å². The maximum Gasteiger partial charge on any atom is 0.357 e. The summed E-state index contributed by atoms with van der Waals surface area (Å²) in [4.78, 5) is 34.6. The number of carbonyl (C=O) groups is 2. The number of nitrogens with one attached hydrogen (secondary N) is 1. The number of nitrogens with zero attached hydrogens (tertiary/aromatic N) is 4. The summed E-state index contributed by atoms with van der Waals surface area (Å²) in [5.74, 6) is -0.794. The SMILES string of the molecule is CCc1sc(NC(=O)c2cc(C)nc3c2cnn3C2CCCC2)nc1C(=O)OC. The second-order valence-corrected chi connectivity index (χ2v) is 8.25. The first-order valence-electron chi connectivity index (χ1n) is 9.76. The molecule has 0 unspecified atom stereocenters. The number of ether oxygens (including phenoxy) is 1. The van der Waals surface area contributed by atoms with Crippen LogP contribution < -0.4 is 5.32 Å². The minimum Gasteiger partial charge on any atom is -0.464 e. The standard InChI is InChI=1S/C20H23N5O3S/c1-4-15-16(19(27)28-3)23-20(29-15)24-18(26)13-9-11(2)22-17-14(13)10-21-25(17)12-7-5-6-8-12/h9-10,12H,4-8H2,1-3H3,(H,23,24,26). The van der Waals surface area contributed by atoms with Gasteiger partial charge in [0.1, 0.15) is 0 Å². The number of hydrogen-bond acceptors (Lipinski definition) is 7. The van der Waals surface area contributed by atoms with E-state index in [1.807, 2.05) is 18.5 Å². The molecular weight excluding hydrogens is 390 g/mol. The number of hydrogen-bond donors (Lipinski definition) is 1. The van der Waals surface area contributed by atoms with Crippen molar-refractivity contribution in [3.8, 4) is 0 Å². The largest absolute Gasteiger partial charge is 0.464 e. The Morgan fingerprint density at radius 3 is 2.76 bits per heavy atom. The lowest BCUT2D eigenvalue weighted by Crippen LogP contribution is -2.14. The van der Waals surface area contributed by atoms with Gasteiger partial charge in [0.2, 0.25) is 0 Å². The van der Waals surface area contributed by atoms with Gasteiger partial charge in [0.25, 0.3) is 5.91 Å². The Morgan fingerprint density at radius 1 is 1.31 bits per heavy atom. The molecule has 3 aromatic heterocycles. The minimum atomic E-state index is -0.501. The number of amides is 1. The van der Waals surface area contributed by atoms with Crippen molar-refractivity contribution in [2.24, 2.45) is 0 Å². The van der Waals surface area contributed by atoms with Crippen LogP contribution in [-0.4, -0.2) is 38.7 Å². The number of methoxy groups -OCH3 is 1. The summed E-state index contributed by atoms with van der Waals surface area (Å²) in [6.45, 7) is 3.80. The third-order valence-electron chi connectivity index (χ3n) is 5.23. The molecule has 0 bridgehead atoms. The van der Waals surface area contributed by atoms with Crippen LogP contribution in [0, 0.1) is 6.92 Å². The van der Waals surface area contributed by atoms with E-state index in [4.69, 9.17) is 4.74 Å². The van der Waals surface area contributed by atoms with E-state index in [1.54, 1.807) is 12.3 Å². The van der Waals surface area contributed by atoms with Crippen molar-refractivity contribution >= 4 is 39.4 Å². The zero-order valence-electron chi connectivity index (χ0n) is 16.7. The number of aryl methyl sites for hydroxylation is 2. The van der Waals surface area contributed by atoms with E-state index in [0.29, 0.717) is 23.2 Å². The molecule has 0 radical (unpaired) electrons. The van der Waals surface area contributed by atoms with Crippen molar-refractivity contribution in [3.63, 3.8) is 0 Å². The van der Waals surface area contributed by atoms with Gasteiger partial charge >= 0.3 is 5.97 Å². The first-order chi connectivity index (χ1) is 14.0. The van der Waals surface area contributed by atoms with Crippen LogP contribution in [0.25, 0.3) is 11.0 Å². The Balaban J connectivity index is 1.67. The predicted molar refractivity (Wildman–Crippen MR) is 111 cm³/mol. The molecule has 1 aliphatic rings. The van der Waals surface area contributed by atoms with Crippen LogP contribution in [0.1, 0.15) is 70.1 Å². The fraction of sp³-hybridized carbons (Fsp3) is 0.450. The Bertz CT molecular complexity index is 1080. The average molecular weight is 414 g/mol. The topological polar surface area (TPSA) is 99.0 Å². The summed E-state index contributed by atoms with van der Waals surface area (Å²) in [5, 5.41) is 8.46. The third kappa shape index (κ3) is 3.62. The smallest absolute Gasteiger partial charge is 0.357 e. The summed E-state index contributed by atoms with van der Waals surface area (Å²) in [7, 11) is 1.32. The molecule has 9 heteroatoms. The van der Waals surface area contributed by atoms with E-state index in [1.165, 1.54) is 31.3 Å². The molecule has 0 aliphatic heterocycles. The number of fused-ring (bicyclic) bond motifs is 1. The number of anilines is 1. The second kappa shape index (κ2) is 7.90. The summed E-state index contributed by atoms with van der Waals surface area (Å²) in [5.41, 5.74) is 2.25. The first kappa shape index (κ1) is 19.5. The highest BCUT2D eigenvalue weighted by atomic mass is 32.1. The van der Waals surface area contributed by atoms with Gasteiger partial charge in [0, 0.05) is 10.6 Å². The maximum absolute atomic E-state index is 13.0. The van der Waals surface area contributed by atoms with Gasteiger partial charge in [-0.3, -0.25) is 10.1 Å². The lowest BCUT2D eigenvalue weighted by Gasteiger charge is -2.11. The summed E-state index contributed by atoms with van der Waals surface area (Å²) in [6, 6.07) is 2.10. The quantitative estimate of drug-likeness (QED) is 0.637. The number of rotatable bonds is 5. The van der Waals surface area contributed by atoms with Crippen LogP contribution in [0.3, 0.4) is 0 Å². The molecule has 1 N–H and O–H groups in total. The molecular formula is C20H23N5O3S.